The van der Waals surface area contributed by atoms with Crippen LogP contribution in [0.25, 0.3) is 0 Å². The lowest BCUT2D eigenvalue weighted by Gasteiger charge is -2.71. The van der Waals surface area contributed by atoms with Gasteiger partial charge in [0.05, 0.1) is 25.9 Å². The number of esters is 1. The first-order valence-electron chi connectivity index (χ1n) is 16.8. The molecule has 1 aromatic rings. The highest BCUT2D eigenvalue weighted by Crippen LogP contribution is 2.76. The van der Waals surface area contributed by atoms with Crippen molar-refractivity contribution in [2.24, 2.45) is 50.2 Å². The Kier molecular flexibility index (Phi) is 7.18. The van der Waals surface area contributed by atoms with E-state index in [1.165, 1.54) is 31.1 Å². The van der Waals surface area contributed by atoms with Crippen LogP contribution in [0.3, 0.4) is 0 Å². The minimum absolute atomic E-state index is 0.0457. The molecule has 5 aliphatic carbocycles. The number of carbonyl (C=O) groups is 1. The number of carbonyl (C=O) groups excluding carboxylic acids is 1. The molecule has 6 rings (SSSR count). The fourth-order valence-electron chi connectivity index (χ4n) is 11.9. The molecule has 0 spiro atoms. The van der Waals surface area contributed by atoms with Crippen LogP contribution in [0.5, 0.6) is 0 Å². The van der Waals surface area contributed by atoms with Gasteiger partial charge in [-0.25, -0.2) is 0 Å². The first-order chi connectivity index (χ1) is 19.7. The Morgan fingerprint density at radius 1 is 0.905 bits per heavy atom. The van der Waals surface area contributed by atoms with Crippen LogP contribution in [0.15, 0.2) is 42.0 Å². The topological polar surface area (TPSA) is 55.8 Å². The Morgan fingerprint density at radius 2 is 1.62 bits per heavy atom. The summed E-state index contributed by atoms with van der Waals surface area (Å²) in [6.07, 6.45) is 11.1. The third-order valence-corrected chi connectivity index (χ3v) is 14.5. The van der Waals surface area contributed by atoms with Gasteiger partial charge in [-0.2, -0.15) is 0 Å². The summed E-state index contributed by atoms with van der Waals surface area (Å²) in [6, 6.07) is 10.6. The standard InChI is InChI=1S/C38H56O4/c1-33(2)20-21-38(32(40)41-8)27(22-33)26-14-15-29-35(5)18-17-31(42-24-25-12-10-9-11-13-25)34(3,4)28(35)16-19-36(29,6)37(26,7)23-30(38)39/h9-14,27-31,39H,15-24H2,1-8H3/t27?,28?,29?,30-,31+,35+,36-,37-,38-/m1/s1. The molecule has 0 aromatic heterocycles. The first-order valence-corrected chi connectivity index (χ1v) is 16.8. The Bertz CT molecular complexity index is 1230. The van der Waals surface area contributed by atoms with E-state index in [4.69, 9.17) is 9.47 Å². The molecule has 4 saturated carbocycles. The number of benzene rings is 1. The summed E-state index contributed by atoms with van der Waals surface area (Å²) < 4.78 is 12.2. The number of fused-ring (bicyclic) bond motifs is 7. The number of allylic oxidation sites excluding steroid dienone is 2. The Morgan fingerprint density at radius 3 is 2.31 bits per heavy atom. The van der Waals surface area contributed by atoms with Gasteiger partial charge in [0.2, 0.25) is 0 Å². The maximum absolute atomic E-state index is 13.5. The number of hydrogen-bond acceptors (Lipinski definition) is 4. The maximum atomic E-state index is 13.5. The van der Waals surface area contributed by atoms with Crippen LogP contribution in [0.1, 0.15) is 112 Å². The van der Waals surface area contributed by atoms with Crippen molar-refractivity contribution in [1.82, 2.24) is 0 Å². The Hall–Kier alpha value is -1.65. The lowest BCUT2D eigenvalue weighted by atomic mass is 9.33. The van der Waals surface area contributed by atoms with E-state index in [0.717, 1.165) is 32.1 Å². The summed E-state index contributed by atoms with van der Waals surface area (Å²) in [5.41, 5.74) is 2.28. The zero-order valence-electron chi connectivity index (χ0n) is 27.6. The SMILES string of the molecule is COC(=O)[C@]12CCC(C)(C)CC1C1=CCC3[C@@]4(C)CC[C@H](OCc5ccccc5)C(C)(C)C4CC[C@@]3(C)[C@]1(C)C[C@H]2O. The van der Waals surface area contributed by atoms with Gasteiger partial charge >= 0.3 is 5.97 Å². The molecule has 232 valence electrons. The zero-order chi connectivity index (χ0) is 30.3. The molecule has 4 fully saturated rings. The van der Waals surface area contributed by atoms with Gasteiger partial charge in [0.25, 0.3) is 0 Å². The summed E-state index contributed by atoms with van der Waals surface area (Å²) in [6.45, 7) is 17.9. The van der Waals surface area contributed by atoms with Gasteiger partial charge in [0.1, 0.15) is 5.41 Å². The van der Waals surface area contributed by atoms with Gasteiger partial charge in [-0.1, -0.05) is 90.4 Å². The van der Waals surface area contributed by atoms with Crippen molar-refractivity contribution in [3.05, 3.63) is 47.5 Å². The van der Waals surface area contributed by atoms with E-state index in [-0.39, 0.29) is 45.1 Å². The molecule has 42 heavy (non-hydrogen) atoms. The van der Waals surface area contributed by atoms with Gasteiger partial charge in [-0.15, -0.1) is 0 Å². The molecule has 9 atom stereocenters. The second kappa shape index (κ2) is 9.93. The number of rotatable bonds is 4. The maximum Gasteiger partial charge on any atom is 0.315 e. The third kappa shape index (κ3) is 4.09. The number of methoxy groups -OCH3 is 1. The van der Waals surface area contributed by atoms with Gasteiger partial charge in [0, 0.05) is 0 Å². The molecule has 1 aromatic carbocycles. The average molecular weight is 577 g/mol. The fraction of sp³-hybridized carbons (Fsp3) is 0.763. The van der Waals surface area contributed by atoms with E-state index in [2.05, 4.69) is 84.9 Å². The minimum atomic E-state index is -0.809. The van der Waals surface area contributed by atoms with E-state index in [1.54, 1.807) is 0 Å². The number of ether oxygens (including phenoxy) is 2. The molecule has 1 N–H and O–H groups in total. The van der Waals surface area contributed by atoms with Crippen molar-refractivity contribution in [1.29, 1.82) is 0 Å². The normalized spacial score (nSPS) is 45.4. The van der Waals surface area contributed by atoms with Crippen molar-refractivity contribution in [3.8, 4) is 0 Å². The predicted molar refractivity (Wildman–Crippen MR) is 167 cm³/mol. The van der Waals surface area contributed by atoms with Gasteiger partial charge < -0.3 is 14.6 Å². The quantitative estimate of drug-likeness (QED) is 0.288. The highest BCUT2D eigenvalue weighted by Gasteiger charge is 2.71. The molecule has 0 bridgehead atoms. The second-order valence-corrected chi connectivity index (χ2v) is 17.1. The minimum Gasteiger partial charge on any atom is -0.468 e. The Balaban J connectivity index is 1.34. The van der Waals surface area contributed by atoms with Crippen molar-refractivity contribution in [2.75, 3.05) is 7.11 Å². The van der Waals surface area contributed by atoms with Gasteiger partial charge in [-0.05, 0) is 108 Å². The van der Waals surface area contributed by atoms with Crippen LogP contribution in [0.4, 0.5) is 0 Å². The fourth-order valence-corrected chi connectivity index (χ4v) is 11.9. The third-order valence-electron chi connectivity index (χ3n) is 14.5. The van der Waals surface area contributed by atoms with Gasteiger partial charge in [0.15, 0.2) is 0 Å². The van der Waals surface area contributed by atoms with Crippen LogP contribution in [0, 0.1) is 50.2 Å². The summed E-state index contributed by atoms with van der Waals surface area (Å²) in [4.78, 5) is 13.5. The average Bonchev–Trinajstić information content (AvgIpc) is 2.92. The molecule has 3 unspecified atom stereocenters. The van der Waals surface area contributed by atoms with Crippen LogP contribution >= 0.6 is 0 Å². The smallest absolute Gasteiger partial charge is 0.315 e. The van der Waals surface area contributed by atoms with Gasteiger partial charge in [-0.3, -0.25) is 4.79 Å². The summed E-state index contributed by atoms with van der Waals surface area (Å²) >= 11 is 0. The van der Waals surface area contributed by atoms with E-state index in [0.29, 0.717) is 31.3 Å². The second-order valence-electron chi connectivity index (χ2n) is 17.1. The van der Waals surface area contributed by atoms with Crippen molar-refractivity contribution >= 4 is 5.97 Å². The van der Waals surface area contributed by atoms with E-state index in [9.17, 15) is 9.90 Å². The van der Waals surface area contributed by atoms with Crippen LogP contribution in [-0.4, -0.2) is 30.4 Å². The van der Waals surface area contributed by atoms with Crippen LogP contribution in [-0.2, 0) is 20.9 Å². The molecular weight excluding hydrogens is 520 g/mol. The number of aliphatic hydroxyl groups is 1. The van der Waals surface area contributed by atoms with Crippen molar-refractivity contribution < 1.29 is 19.4 Å². The lowest BCUT2D eigenvalue weighted by molar-refractivity contribution is -0.225. The lowest BCUT2D eigenvalue weighted by Crippen LogP contribution is -2.67. The molecule has 5 aliphatic rings. The zero-order valence-corrected chi connectivity index (χ0v) is 27.6. The van der Waals surface area contributed by atoms with E-state index in [1.807, 2.05) is 0 Å². The molecule has 0 radical (unpaired) electrons. The predicted octanol–water partition coefficient (Wildman–Crippen LogP) is 8.52. The molecule has 4 nitrogen and oxygen atoms in total. The monoisotopic (exact) mass is 576 g/mol. The van der Waals surface area contributed by atoms with Crippen molar-refractivity contribution in [2.45, 2.75) is 125 Å². The summed E-state index contributed by atoms with van der Waals surface area (Å²) in [5, 5.41) is 12.1. The summed E-state index contributed by atoms with van der Waals surface area (Å²) in [5.74, 6) is 0.981. The van der Waals surface area contributed by atoms with E-state index < -0.39 is 11.5 Å². The highest BCUT2D eigenvalue weighted by atomic mass is 16.5. The molecular formula is C38H56O4. The highest BCUT2D eigenvalue weighted by molar-refractivity contribution is 5.79. The van der Waals surface area contributed by atoms with Crippen molar-refractivity contribution in [3.63, 3.8) is 0 Å². The number of aliphatic hydroxyl groups excluding tert-OH is 1. The van der Waals surface area contributed by atoms with E-state index >= 15 is 0 Å². The Labute approximate surface area is 255 Å². The molecule has 4 heteroatoms. The van der Waals surface area contributed by atoms with Crippen LogP contribution < -0.4 is 0 Å². The number of hydrogen-bond donors (Lipinski definition) is 1. The molecule has 0 heterocycles. The molecule has 0 amide bonds. The first kappa shape index (κ1) is 30.4. The summed E-state index contributed by atoms with van der Waals surface area (Å²) in [7, 11) is 1.50. The largest absolute Gasteiger partial charge is 0.468 e. The molecule has 0 aliphatic heterocycles. The van der Waals surface area contributed by atoms with Crippen LogP contribution in [0.2, 0.25) is 0 Å². The molecule has 0 saturated heterocycles.